The first kappa shape index (κ1) is 12.1. The van der Waals surface area contributed by atoms with Crippen molar-refractivity contribution in [2.24, 2.45) is 0 Å². The molecule has 0 aliphatic carbocycles. The van der Waals surface area contributed by atoms with Gasteiger partial charge >= 0.3 is 0 Å². The SMILES string of the molecule is N#Cc1cc(F)cc(-n2ccc(-c3ccccn3)n2)c1. The Morgan fingerprint density at radius 1 is 1.10 bits per heavy atom. The van der Waals surface area contributed by atoms with Crippen LogP contribution in [0.1, 0.15) is 5.56 Å². The van der Waals surface area contributed by atoms with Crippen LogP contribution in [0.5, 0.6) is 0 Å². The van der Waals surface area contributed by atoms with Crippen molar-refractivity contribution in [3.63, 3.8) is 0 Å². The molecule has 4 nitrogen and oxygen atoms in total. The van der Waals surface area contributed by atoms with Crippen LogP contribution >= 0.6 is 0 Å². The molecule has 0 saturated heterocycles. The van der Waals surface area contributed by atoms with Gasteiger partial charge in [-0.25, -0.2) is 9.07 Å². The van der Waals surface area contributed by atoms with Gasteiger partial charge in [0.1, 0.15) is 11.5 Å². The minimum absolute atomic E-state index is 0.259. The number of rotatable bonds is 2. The Balaban J connectivity index is 2.03. The minimum Gasteiger partial charge on any atom is -0.255 e. The van der Waals surface area contributed by atoms with E-state index in [-0.39, 0.29) is 5.56 Å². The van der Waals surface area contributed by atoms with Gasteiger partial charge in [0, 0.05) is 12.4 Å². The number of nitrogens with zero attached hydrogens (tertiary/aromatic N) is 4. The van der Waals surface area contributed by atoms with Crippen molar-refractivity contribution < 1.29 is 4.39 Å². The van der Waals surface area contributed by atoms with Crippen molar-refractivity contribution in [1.29, 1.82) is 5.26 Å². The van der Waals surface area contributed by atoms with Crippen molar-refractivity contribution in [3.05, 3.63) is 66.2 Å². The van der Waals surface area contributed by atoms with Crippen LogP contribution in [0.4, 0.5) is 4.39 Å². The maximum atomic E-state index is 13.4. The molecule has 20 heavy (non-hydrogen) atoms. The van der Waals surface area contributed by atoms with Crippen LogP contribution in [0, 0.1) is 17.1 Å². The largest absolute Gasteiger partial charge is 0.255 e. The average molecular weight is 264 g/mol. The summed E-state index contributed by atoms with van der Waals surface area (Å²) in [6.07, 6.45) is 3.39. The Morgan fingerprint density at radius 3 is 2.75 bits per heavy atom. The highest BCUT2D eigenvalue weighted by atomic mass is 19.1. The second kappa shape index (κ2) is 4.94. The van der Waals surface area contributed by atoms with E-state index in [0.29, 0.717) is 11.4 Å². The molecule has 1 aromatic carbocycles. The molecule has 5 heteroatoms. The van der Waals surface area contributed by atoms with Gasteiger partial charge in [0.15, 0.2) is 0 Å². The predicted octanol–water partition coefficient (Wildman–Crippen LogP) is 2.95. The van der Waals surface area contributed by atoms with Crippen LogP contribution < -0.4 is 0 Å². The highest BCUT2D eigenvalue weighted by molar-refractivity contribution is 5.53. The number of hydrogen-bond donors (Lipinski definition) is 0. The van der Waals surface area contributed by atoms with Crippen LogP contribution in [-0.2, 0) is 0 Å². The van der Waals surface area contributed by atoms with Gasteiger partial charge in [-0.1, -0.05) is 6.07 Å². The van der Waals surface area contributed by atoms with E-state index in [0.717, 1.165) is 5.69 Å². The third-order valence-electron chi connectivity index (χ3n) is 2.79. The lowest BCUT2D eigenvalue weighted by atomic mass is 10.2. The Kier molecular flexibility index (Phi) is 2.98. The number of halogens is 1. The Labute approximate surface area is 114 Å². The number of benzene rings is 1. The molecule has 0 fully saturated rings. The Morgan fingerprint density at radius 2 is 2.00 bits per heavy atom. The Hall–Kier alpha value is -3.00. The fourth-order valence-electron chi connectivity index (χ4n) is 1.89. The maximum Gasteiger partial charge on any atom is 0.126 e. The third kappa shape index (κ3) is 2.27. The van der Waals surface area contributed by atoms with Gasteiger partial charge in [0.2, 0.25) is 0 Å². The van der Waals surface area contributed by atoms with Gasteiger partial charge in [-0.05, 0) is 36.4 Å². The van der Waals surface area contributed by atoms with Crippen LogP contribution in [0.2, 0.25) is 0 Å². The summed E-state index contributed by atoms with van der Waals surface area (Å²) in [6, 6.07) is 13.4. The summed E-state index contributed by atoms with van der Waals surface area (Å²) < 4.78 is 14.9. The molecule has 0 aliphatic rings. The minimum atomic E-state index is -0.464. The van der Waals surface area contributed by atoms with E-state index in [1.165, 1.54) is 16.8 Å². The molecule has 0 bridgehead atoms. The zero-order chi connectivity index (χ0) is 13.9. The summed E-state index contributed by atoms with van der Waals surface area (Å²) in [4.78, 5) is 4.21. The monoisotopic (exact) mass is 264 g/mol. The normalized spacial score (nSPS) is 10.2. The first-order valence-electron chi connectivity index (χ1n) is 5.94. The number of hydrogen-bond acceptors (Lipinski definition) is 3. The molecular weight excluding hydrogens is 255 g/mol. The summed E-state index contributed by atoms with van der Waals surface area (Å²) >= 11 is 0. The van der Waals surface area contributed by atoms with E-state index in [4.69, 9.17) is 5.26 Å². The predicted molar refractivity (Wildman–Crippen MR) is 71.5 cm³/mol. The van der Waals surface area contributed by atoms with Gasteiger partial charge < -0.3 is 0 Å². The molecule has 0 aliphatic heterocycles. The summed E-state index contributed by atoms with van der Waals surface area (Å²) in [5, 5.41) is 13.2. The molecule has 0 radical (unpaired) electrons. The molecule has 0 atom stereocenters. The van der Waals surface area contributed by atoms with E-state index in [1.54, 1.807) is 24.5 Å². The fourth-order valence-corrected chi connectivity index (χ4v) is 1.89. The number of aromatic nitrogens is 3. The van der Waals surface area contributed by atoms with Crippen LogP contribution in [-0.4, -0.2) is 14.8 Å². The van der Waals surface area contributed by atoms with Crippen LogP contribution in [0.25, 0.3) is 17.1 Å². The molecule has 2 heterocycles. The molecule has 96 valence electrons. The van der Waals surface area contributed by atoms with Crippen molar-refractivity contribution in [2.45, 2.75) is 0 Å². The molecule has 3 rings (SSSR count). The molecule has 0 amide bonds. The smallest absolute Gasteiger partial charge is 0.126 e. The highest BCUT2D eigenvalue weighted by Crippen LogP contribution is 2.17. The summed E-state index contributed by atoms with van der Waals surface area (Å²) in [5.41, 5.74) is 2.19. The maximum absolute atomic E-state index is 13.4. The van der Waals surface area contributed by atoms with E-state index < -0.39 is 5.82 Å². The average Bonchev–Trinajstić information content (AvgIpc) is 2.97. The summed E-state index contributed by atoms with van der Waals surface area (Å²) in [6.45, 7) is 0. The molecule has 0 spiro atoms. The first-order valence-corrected chi connectivity index (χ1v) is 5.94. The molecule has 3 aromatic rings. The molecule has 0 N–H and O–H groups in total. The molecule has 2 aromatic heterocycles. The van der Waals surface area contributed by atoms with E-state index in [9.17, 15) is 4.39 Å². The summed E-state index contributed by atoms with van der Waals surface area (Å²) in [5.74, 6) is -0.464. The van der Waals surface area contributed by atoms with Crippen LogP contribution in [0.3, 0.4) is 0 Å². The van der Waals surface area contributed by atoms with Gasteiger partial charge in [-0.2, -0.15) is 10.4 Å². The molecule has 0 saturated carbocycles. The lowest BCUT2D eigenvalue weighted by Gasteiger charge is -2.02. The number of nitriles is 1. The van der Waals surface area contributed by atoms with Gasteiger partial charge in [0.25, 0.3) is 0 Å². The van der Waals surface area contributed by atoms with Crippen molar-refractivity contribution >= 4 is 0 Å². The standard InChI is InChI=1S/C15H9FN4/c16-12-7-11(10-17)8-13(9-12)20-6-4-15(19-20)14-3-1-2-5-18-14/h1-9H. The van der Waals surface area contributed by atoms with Crippen molar-refractivity contribution in [1.82, 2.24) is 14.8 Å². The van der Waals surface area contributed by atoms with Gasteiger partial charge in [-0.15, -0.1) is 0 Å². The van der Waals surface area contributed by atoms with Crippen molar-refractivity contribution in [3.8, 4) is 23.1 Å². The first-order chi connectivity index (χ1) is 9.76. The fraction of sp³-hybridized carbons (Fsp3) is 0. The zero-order valence-electron chi connectivity index (χ0n) is 10.4. The second-order valence-electron chi connectivity index (χ2n) is 4.17. The summed E-state index contributed by atoms with van der Waals surface area (Å²) in [7, 11) is 0. The number of pyridine rings is 1. The quantitative estimate of drug-likeness (QED) is 0.715. The third-order valence-corrected chi connectivity index (χ3v) is 2.79. The lowest BCUT2D eigenvalue weighted by Crippen LogP contribution is -1.97. The van der Waals surface area contributed by atoms with E-state index >= 15 is 0 Å². The second-order valence-corrected chi connectivity index (χ2v) is 4.17. The van der Waals surface area contributed by atoms with E-state index in [2.05, 4.69) is 10.1 Å². The van der Waals surface area contributed by atoms with Gasteiger partial charge in [-0.3, -0.25) is 4.98 Å². The molecular formula is C15H9FN4. The topological polar surface area (TPSA) is 54.5 Å². The van der Waals surface area contributed by atoms with Gasteiger partial charge in [0.05, 0.1) is 23.0 Å². The van der Waals surface area contributed by atoms with Crippen molar-refractivity contribution in [2.75, 3.05) is 0 Å². The van der Waals surface area contributed by atoms with Crippen LogP contribution in [0.15, 0.2) is 54.9 Å². The lowest BCUT2D eigenvalue weighted by molar-refractivity contribution is 0.625. The Bertz CT molecular complexity index is 787. The highest BCUT2D eigenvalue weighted by Gasteiger charge is 2.06. The zero-order valence-corrected chi connectivity index (χ0v) is 10.4. The van der Waals surface area contributed by atoms with E-state index in [1.807, 2.05) is 24.3 Å². The molecule has 0 unspecified atom stereocenters.